The topological polar surface area (TPSA) is 89.3 Å². The first-order valence-corrected chi connectivity index (χ1v) is 6.12. The average molecular weight is 336 g/mol. The fourth-order valence-electron chi connectivity index (χ4n) is 2.61. The second-order valence-electron chi connectivity index (χ2n) is 4.91. The lowest BCUT2D eigenvalue weighted by Crippen LogP contribution is -2.59. The van der Waals surface area contributed by atoms with Crippen LogP contribution in [0.3, 0.4) is 0 Å². The Morgan fingerprint density at radius 1 is 1.09 bits per heavy atom. The maximum Gasteiger partial charge on any atom is 0.454 e. The molecule has 2 rings (SSSR count). The van der Waals surface area contributed by atoms with Crippen LogP contribution >= 0.6 is 0 Å². The van der Waals surface area contributed by atoms with Crippen LogP contribution in [0.1, 0.15) is 5.56 Å². The summed E-state index contributed by atoms with van der Waals surface area (Å²) < 4.78 is 65.9. The highest BCUT2D eigenvalue weighted by molar-refractivity contribution is 6.22. The molecule has 0 radical (unpaired) electrons. The summed E-state index contributed by atoms with van der Waals surface area (Å²) in [5.41, 5.74) is 1.32. The van der Waals surface area contributed by atoms with Crippen molar-refractivity contribution >= 4 is 17.7 Å². The van der Waals surface area contributed by atoms with Crippen LogP contribution in [0.5, 0.6) is 0 Å². The largest absolute Gasteiger partial charge is 0.454 e. The monoisotopic (exact) mass is 336 g/mol. The number of nitrogens with one attached hydrogen (secondary N) is 1. The summed E-state index contributed by atoms with van der Waals surface area (Å²) >= 11 is 0. The van der Waals surface area contributed by atoms with Crippen molar-refractivity contribution in [2.75, 3.05) is 0 Å². The molecule has 0 aromatic heterocycles. The molecule has 0 bridgehead atoms. The van der Waals surface area contributed by atoms with Gasteiger partial charge in [0.15, 0.2) is 5.41 Å². The van der Waals surface area contributed by atoms with Crippen molar-refractivity contribution in [3.05, 3.63) is 35.9 Å². The fraction of sp³-hybridized carbons (Fsp3) is 0.308. The first-order chi connectivity index (χ1) is 10.5. The Morgan fingerprint density at radius 2 is 1.61 bits per heavy atom. The molecule has 1 fully saturated rings. The van der Waals surface area contributed by atoms with Crippen molar-refractivity contribution < 1.29 is 36.3 Å². The number of carbonyl (C=O) groups excluding carboxylic acids is 3. The van der Waals surface area contributed by atoms with Crippen LogP contribution in [-0.4, -0.2) is 29.8 Å². The highest BCUT2D eigenvalue weighted by atomic mass is 19.4. The predicted molar refractivity (Wildman–Crippen MR) is 65.0 cm³/mol. The molecule has 5 nitrogen and oxygen atoms in total. The van der Waals surface area contributed by atoms with Crippen LogP contribution in [0.15, 0.2) is 30.3 Å². The van der Waals surface area contributed by atoms with Gasteiger partial charge >= 0.3 is 12.1 Å². The lowest BCUT2D eigenvalue weighted by molar-refractivity contribution is -0.301. The van der Waals surface area contributed by atoms with Crippen molar-refractivity contribution in [2.24, 2.45) is 11.7 Å². The van der Waals surface area contributed by atoms with Crippen LogP contribution in [0, 0.1) is 5.92 Å². The first-order valence-electron chi connectivity index (χ1n) is 6.12. The Morgan fingerprint density at radius 3 is 2.04 bits per heavy atom. The van der Waals surface area contributed by atoms with Gasteiger partial charge in [0, 0.05) is 0 Å². The lowest BCUT2D eigenvalue weighted by Gasteiger charge is -2.34. The van der Waals surface area contributed by atoms with Gasteiger partial charge in [-0.2, -0.15) is 22.0 Å². The number of amides is 3. The maximum atomic E-state index is 13.9. The minimum absolute atomic E-state index is 0.523. The van der Waals surface area contributed by atoms with Crippen LogP contribution in [0.2, 0.25) is 0 Å². The van der Waals surface area contributed by atoms with Crippen molar-refractivity contribution in [3.63, 3.8) is 0 Å². The molecule has 10 heteroatoms. The molecule has 0 spiro atoms. The van der Waals surface area contributed by atoms with Gasteiger partial charge in [0.2, 0.25) is 17.7 Å². The van der Waals surface area contributed by atoms with E-state index in [9.17, 15) is 36.3 Å². The third-order valence-electron chi connectivity index (χ3n) is 3.65. The number of halogens is 5. The number of benzene rings is 1. The molecule has 1 aliphatic heterocycles. The Balaban J connectivity index is 2.80. The zero-order chi connectivity index (χ0) is 17.6. The van der Waals surface area contributed by atoms with Gasteiger partial charge in [-0.3, -0.25) is 19.7 Å². The van der Waals surface area contributed by atoms with E-state index in [2.05, 4.69) is 0 Å². The maximum absolute atomic E-state index is 13.9. The van der Waals surface area contributed by atoms with E-state index < -0.39 is 46.7 Å². The molecule has 124 valence electrons. The van der Waals surface area contributed by atoms with Crippen LogP contribution in [0.4, 0.5) is 22.0 Å². The second-order valence-corrected chi connectivity index (χ2v) is 4.91. The summed E-state index contributed by atoms with van der Waals surface area (Å²) in [6, 6.07) is 5.74. The zero-order valence-corrected chi connectivity index (χ0v) is 11.2. The summed E-state index contributed by atoms with van der Waals surface area (Å²) in [6.07, 6.45) is -6.16. The molecule has 3 amide bonds. The van der Waals surface area contributed by atoms with E-state index in [1.165, 1.54) is 23.5 Å². The lowest BCUT2D eigenvalue weighted by atomic mass is 9.68. The van der Waals surface area contributed by atoms with E-state index >= 15 is 0 Å². The summed E-state index contributed by atoms with van der Waals surface area (Å²) in [5, 5.41) is 1.36. The van der Waals surface area contributed by atoms with Gasteiger partial charge in [0.25, 0.3) is 0 Å². The number of primary amides is 1. The van der Waals surface area contributed by atoms with Gasteiger partial charge in [-0.05, 0) is 5.56 Å². The van der Waals surface area contributed by atoms with Gasteiger partial charge in [0.1, 0.15) is 5.92 Å². The van der Waals surface area contributed by atoms with Crippen LogP contribution < -0.4 is 11.1 Å². The second kappa shape index (κ2) is 5.00. The van der Waals surface area contributed by atoms with Crippen molar-refractivity contribution in [2.45, 2.75) is 17.5 Å². The number of alkyl halides is 5. The van der Waals surface area contributed by atoms with Crippen LogP contribution in [0.25, 0.3) is 0 Å². The standard InChI is InChI=1S/C13H9F5N2O3/c14-12(15,13(16,17)18)7-8(21)20-10(23)11(7,9(19)22)6-4-2-1-3-5-6/h1-5,7H,(H2,19,22)(H,20,21,23). The Bertz CT molecular complexity index is 674. The molecule has 3 N–H and O–H groups in total. The van der Waals surface area contributed by atoms with E-state index in [0.717, 1.165) is 12.1 Å². The van der Waals surface area contributed by atoms with E-state index in [-0.39, 0.29) is 0 Å². The number of imide groups is 1. The first kappa shape index (κ1) is 16.8. The summed E-state index contributed by atoms with van der Waals surface area (Å²) in [7, 11) is 0. The molecule has 23 heavy (non-hydrogen) atoms. The number of nitrogens with two attached hydrogens (primary N) is 1. The van der Waals surface area contributed by atoms with Gasteiger partial charge in [-0.15, -0.1) is 0 Å². The summed E-state index contributed by atoms with van der Waals surface area (Å²) in [5.74, 6) is -14.3. The normalized spacial score (nSPS) is 25.3. The highest BCUT2D eigenvalue weighted by Gasteiger charge is 2.76. The molecular weight excluding hydrogens is 327 g/mol. The zero-order valence-electron chi connectivity index (χ0n) is 11.2. The third-order valence-corrected chi connectivity index (χ3v) is 3.65. The molecule has 2 atom stereocenters. The number of hydrogen-bond donors (Lipinski definition) is 2. The van der Waals surface area contributed by atoms with E-state index in [4.69, 9.17) is 5.73 Å². The Hall–Kier alpha value is -2.52. The van der Waals surface area contributed by atoms with Crippen molar-refractivity contribution in [1.82, 2.24) is 5.32 Å². The molecule has 2 unspecified atom stereocenters. The van der Waals surface area contributed by atoms with Gasteiger partial charge in [-0.25, -0.2) is 0 Å². The average Bonchev–Trinajstić information content (AvgIpc) is 2.70. The molecular formula is C13H9F5N2O3. The molecule has 1 aromatic rings. The van der Waals surface area contributed by atoms with Crippen LogP contribution in [-0.2, 0) is 19.8 Å². The highest BCUT2D eigenvalue weighted by Crippen LogP contribution is 2.51. The molecule has 1 heterocycles. The molecule has 1 aliphatic rings. The Labute approximate surface area is 125 Å². The van der Waals surface area contributed by atoms with E-state index in [0.29, 0.717) is 0 Å². The summed E-state index contributed by atoms with van der Waals surface area (Å²) in [4.78, 5) is 35.4. The smallest absolute Gasteiger partial charge is 0.368 e. The third kappa shape index (κ3) is 2.16. The molecule has 1 aromatic carbocycles. The molecule has 0 aliphatic carbocycles. The minimum atomic E-state index is -6.16. The minimum Gasteiger partial charge on any atom is -0.368 e. The quantitative estimate of drug-likeness (QED) is 0.488. The fourth-order valence-corrected chi connectivity index (χ4v) is 2.61. The van der Waals surface area contributed by atoms with Crippen molar-refractivity contribution in [1.29, 1.82) is 0 Å². The van der Waals surface area contributed by atoms with Gasteiger partial charge in [0.05, 0.1) is 0 Å². The number of hydrogen-bond acceptors (Lipinski definition) is 3. The van der Waals surface area contributed by atoms with E-state index in [1.807, 2.05) is 0 Å². The number of carbonyl (C=O) groups is 3. The van der Waals surface area contributed by atoms with Crippen molar-refractivity contribution in [3.8, 4) is 0 Å². The Kier molecular flexibility index (Phi) is 3.66. The van der Waals surface area contributed by atoms with Gasteiger partial charge < -0.3 is 5.73 Å². The summed E-state index contributed by atoms with van der Waals surface area (Å²) in [6.45, 7) is 0. The number of rotatable bonds is 3. The molecule has 1 saturated heterocycles. The SMILES string of the molecule is NC(=O)C1(c2ccccc2)C(=O)NC(=O)C1C(F)(F)C(F)(F)F. The van der Waals surface area contributed by atoms with Gasteiger partial charge in [-0.1, -0.05) is 30.3 Å². The van der Waals surface area contributed by atoms with E-state index in [1.54, 1.807) is 0 Å². The predicted octanol–water partition coefficient (Wildman–Crippen LogP) is 0.880. The molecule has 0 saturated carbocycles.